The first-order chi connectivity index (χ1) is 6.72. The Kier molecular flexibility index (Phi) is 2.84. The van der Waals surface area contributed by atoms with Crippen molar-refractivity contribution < 1.29 is 0 Å². The lowest BCUT2D eigenvalue weighted by Crippen LogP contribution is -2.15. The summed E-state index contributed by atoms with van der Waals surface area (Å²) in [7, 11) is 2.04. The molecule has 1 aromatic carbocycles. The Balaban J connectivity index is 2.37. The molecule has 0 bridgehead atoms. The molecule has 0 aliphatic carbocycles. The Labute approximate surface area is 90.3 Å². The molecule has 1 N–H and O–H groups in total. The zero-order valence-electron chi connectivity index (χ0n) is 9.00. The number of benzene rings is 1. The lowest BCUT2D eigenvalue weighted by Gasteiger charge is -2.12. The molecular weight excluding hydrogens is 190 g/mol. The van der Waals surface area contributed by atoms with Gasteiger partial charge in [-0.3, -0.25) is 0 Å². The van der Waals surface area contributed by atoms with E-state index < -0.39 is 0 Å². The van der Waals surface area contributed by atoms with Gasteiger partial charge in [0.1, 0.15) is 0 Å². The molecule has 1 heterocycles. The van der Waals surface area contributed by atoms with Crippen molar-refractivity contribution in [3.05, 3.63) is 29.3 Å². The third kappa shape index (κ3) is 1.69. The van der Waals surface area contributed by atoms with E-state index in [4.69, 9.17) is 0 Å². The predicted octanol–water partition coefficient (Wildman–Crippen LogP) is 3.18. The van der Waals surface area contributed by atoms with Crippen molar-refractivity contribution in [3.8, 4) is 0 Å². The molecule has 0 radical (unpaired) electrons. The largest absolute Gasteiger partial charge is 0.312 e. The fourth-order valence-corrected chi connectivity index (χ4v) is 3.06. The summed E-state index contributed by atoms with van der Waals surface area (Å²) in [5.41, 5.74) is 2.94. The molecule has 14 heavy (non-hydrogen) atoms. The standard InChI is InChI=1S/C12H17NS/c1-8(2)9-4-5-12-10(6-9)11(13-3)7-14-12/h4-6,8,11,13H,7H2,1-3H3. The molecule has 0 fully saturated rings. The second kappa shape index (κ2) is 3.95. The van der Waals surface area contributed by atoms with Gasteiger partial charge in [-0.25, -0.2) is 0 Å². The van der Waals surface area contributed by atoms with Crippen LogP contribution in [0, 0.1) is 0 Å². The van der Waals surface area contributed by atoms with Crippen LogP contribution in [0.5, 0.6) is 0 Å². The van der Waals surface area contributed by atoms with Crippen LogP contribution in [-0.4, -0.2) is 12.8 Å². The first-order valence-corrected chi connectivity index (χ1v) is 6.15. The smallest absolute Gasteiger partial charge is 0.0424 e. The highest BCUT2D eigenvalue weighted by Gasteiger charge is 2.21. The molecule has 0 saturated carbocycles. The molecule has 2 rings (SSSR count). The topological polar surface area (TPSA) is 12.0 Å². The van der Waals surface area contributed by atoms with Gasteiger partial charge in [-0.1, -0.05) is 26.0 Å². The Hall–Kier alpha value is -0.470. The van der Waals surface area contributed by atoms with Gasteiger partial charge < -0.3 is 5.32 Å². The average molecular weight is 207 g/mol. The number of fused-ring (bicyclic) bond motifs is 1. The van der Waals surface area contributed by atoms with Crippen molar-refractivity contribution in [2.45, 2.75) is 30.7 Å². The summed E-state index contributed by atoms with van der Waals surface area (Å²) in [4.78, 5) is 1.45. The summed E-state index contributed by atoms with van der Waals surface area (Å²) in [5, 5.41) is 3.37. The minimum atomic E-state index is 0.550. The van der Waals surface area contributed by atoms with Gasteiger partial charge in [0.05, 0.1) is 0 Å². The zero-order chi connectivity index (χ0) is 10.1. The number of rotatable bonds is 2. The van der Waals surface area contributed by atoms with Gasteiger partial charge in [-0.2, -0.15) is 0 Å². The Bertz CT molecular complexity index is 333. The fraction of sp³-hybridized carbons (Fsp3) is 0.500. The van der Waals surface area contributed by atoms with E-state index in [1.807, 2.05) is 18.8 Å². The van der Waals surface area contributed by atoms with Crippen LogP contribution in [0.15, 0.2) is 23.1 Å². The normalized spacial score (nSPS) is 20.1. The molecule has 1 atom stereocenters. The summed E-state index contributed by atoms with van der Waals surface area (Å²) in [6.45, 7) is 4.50. The molecule has 1 aliphatic heterocycles. The highest BCUT2D eigenvalue weighted by Crippen LogP contribution is 2.39. The van der Waals surface area contributed by atoms with Gasteiger partial charge in [0, 0.05) is 16.7 Å². The molecule has 0 amide bonds. The molecule has 76 valence electrons. The predicted molar refractivity (Wildman–Crippen MR) is 63.1 cm³/mol. The van der Waals surface area contributed by atoms with Gasteiger partial charge in [-0.05, 0) is 30.2 Å². The minimum absolute atomic E-state index is 0.550. The van der Waals surface area contributed by atoms with Crippen molar-refractivity contribution in [1.82, 2.24) is 5.32 Å². The Morgan fingerprint density at radius 3 is 2.86 bits per heavy atom. The van der Waals surface area contributed by atoms with Crippen LogP contribution in [0.4, 0.5) is 0 Å². The van der Waals surface area contributed by atoms with Crippen LogP contribution >= 0.6 is 11.8 Å². The van der Waals surface area contributed by atoms with E-state index >= 15 is 0 Å². The summed E-state index contributed by atoms with van der Waals surface area (Å²) < 4.78 is 0. The first-order valence-electron chi connectivity index (χ1n) is 5.16. The van der Waals surface area contributed by atoms with Crippen molar-refractivity contribution >= 4 is 11.8 Å². The van der Waals surface area contributed by atoms with Crippen molar-refractivity contribution in [3.63, 3.8) is 0 Å². The van der Waals surface area contributed by atoms with Crippen molar-refractivity contribution in [2.24, 2.45) is 0 Å². The summed E-state index contributed by atoms with van der Waals surface area (Å²) in [6.07, 6.45) is 0. The van der Waals surface area contributed by atoms with Crippen LogP contribution < -0.4 is 5.32 Å². The average Bonchev–Trinajstić information content (AvgIpc) is 2.59. The monoisotopic (exact) mass is 207 g/mol. The highest BCUT2D eigenvalue weighted by atomic mass is 32.2. The first kappa shape index (κ1) is 10.1. The SMILES string of the molecule is CNC1CSc2ccc(C(C)C)cc21. The van der Waals surface area contributed by atoms with Crippen LogP contribution in [0.2, 0.25) is 0 Å². The van der Waals surface area contributed by atoms with E-state index in [0.717, 1.165) is 0 Å². The molecular formula is C12H17NS. The van der Waals surface area contributed by atoms with E-state index in [0.29, 0.717) is 12.0 Å². The number of hydrogen-bond acceptors (Lipinski definition) is 2. The second-order valence-corrected chi connectivity index (χ2v) is 5.17. The third-order valence-corrected chi connectivity index (χ3v) is 4.01. The van der Waals surface area contributed by atoms with E-state index in [9.17, 15) is 0 Å². The molecule has 0 spiro atoms. The van der Waals surface area contributed by atoms with E-state index in [2.05, 4.69) is 37.4 Å². The quantitative estimate of drug-likeness (QED) is 0.799. The van der Waals surface area contributed by atoms with Crippen molar-refractivity contribution in [2.75, 3.05) is 12.8 Å². The number of thioether (sulfide) groups is 1. The van der Waals surface area contributed by atoms with E-state index in [1.54, 1.807) is 0 Å². The van der Waals surface area contributed by atoms with E-state index in [1.165, 1.54) is 21.8 Å². The van der Waals surface area contributed by atoms with Gasteiger partial charge in [0.2, 0.25) is 0 Å². The molecule has 1 unspecified atom stereocenters. The molecule has 2 heteroatoms. The maximum absolute atomic E-state index is 3.37. The lowest BCUT2D eigenvalue weighted by atomic mass is 9.98. The van der Waals surface area contributed by atoms with Crippen LogP contribution in [0.25, 0.3) is 0 Å². The maximum Gasteiger partial charge on any atom is 0.0424 e. The lowest BCUT2D eigenvalue weighted by molar-refractivity contribution is 0.661. The molecule has 1 nitrogen and oxygen atoms in total. The van der Waals surface area contributed by atoms with Crippen LogP contribution in [-0.2, 0) is 0 Å². The maximum atomic E-state index is 3.37. The Morgan fingerprint density at radius 1 is 1.43 bits per heavy atom. The van der Waals surface area contributed by atoms with Crippen LogP contribution in [0.1, 0.15) is 36.9 Å². The summed E-state index contributed by atoms with van der Waals surface area (Å²) >= 11 is 1.96. The fourth-order valence-electron chi connectivity index (χ4n) is 1.83. The highest BCUT2D eigenvalue weighted by molar-refractivity contribution is 7.99. The number of hydrogen-bond donors (Lipinski definition) is 1. The van der Waals surface area contributed by atoms with E-state index in [-0.39, 0.29) is 0 Å². The molecule has 0 aromatic heterocycles. The molecule has 1 aromatic rings. The summed E-state index contributed by atoms with van der Waals surface area (Å²) in [6, 6.07) is 7.44. The zero-order valence-corrected chi connectivity index (χ0v) is 9.82. The van der Waals surface area contributed by atoms with Gasteiger partial charge in [0.25, 0.3) is 0 Å². The summed E-state index contributed by atoms with van der Waals surface area (Å²) in [5.74, 6) is 1.80. The molecule has 0 saturated heterocycles. The second-order valence-electron chi connectivity index (χ2n) is 4.10. The van der Waals surface area contributed by atoms with Crippen molar-refractivity contribution in [1.29, 1.82) is 0 Å². The third-order valence-electron chi connectivity index (χ3n) is 2.83. The van der Waals surface area contributed by atoms with Gasteiger partial charge in [-0.15, -0.1) is 11.8 Å². The minimum Gasteiger partial charge on any atom is -0.312 e. The van der Waals surface area contributed by atoms with Gasteiger partial charge >= 0.3 is 0 Å². The number of nitrogens with one attached hydrogen (secondary N) is 1. The Morgan fingerprint density at radius 2 is 2.21 bits per heavy atom. The van der Waals surface area contributed by atoms with Gasteiger partial charge in [0.15, 0.2) is 0 Å². The molecule has 1 aliphatic rings. The van der Waals surface area contributed by atoms with Crippen LogP contribution in [0.3, 0.4) is 0 Å².